The zero-order valence-corrected chi connectivity index (χ0v) is 14.8. The molecule has 0 aromatic heterocycles. The second-order valence-electron chi connectivity index (χ2n) is 6.15. The number of nitrogens with zero attached hydrogens (tertiary/aromatic N) is 4. The maximum Gasteiger partial charge on any atom is 0.191 e. The van der Waals surface area contributed by atoms with Gasteiger partial charge in [-0.15, -0.1) is 0 Å². The maximum atomic E-state index is 6.08. The molecule has 0 saturated carbocycles. The molecule has 0 atom stereocenters. The topological polar surface area (TPSA) is 57.3 Å². The minimum absolute atomic E-state index is 0.649. The minimum atomic E-state index is 0.649. The van der Waals surface area contributed by atoms with Crippen LogP contribution in [0.25, 0.3) is 0 Å². The number of hydrogen-bond acceptors (Lipinski definition) is 4. The molecule has 2 saturated heterocycles. The lowest BCUT2D eigenvalue weighted by molar-refractivity contribution is 0.0674. The number of rotatable bonds is 4. The Morgan fingerprint density at radius 1 is 1.12 bits per heavy atom. The van der Waals surface area contributed by atoms with Crippen molar-refractivity contribution in [1.29, 1.82) is 0 Å². The Balaban J connectivity index is 1.41. The van der Waals surface area contributed by atoms with E-state index in [9.17, 15) is 0 Å². The van der Waals surface area contributed by atoms with Crippen LogP contribution in [0.5, 0.6) is 0 Å². The number of aliphatic imine (C=N–C) groups is 1. The van der Waals surface area contributed by atoms with Crippen molar-refractivity contribution < 1.29 is 4.74 Å². The van der Waals surface area contributed by atoms with E-state index in [-0.39, 0.29) is 0 Å². The van der Waals surface area contributed by atoms with Crippen LogP contribution in [0, 0.1) is 0 Å². The Hall–Kier alpha value is -1.50. The van der Waals surface area contributed by atoms with Gasteiger partial charge in [0.25, 0.3) is 0 Å². The quantitative estimate of drug-likeness (QED) is 0.650. The van der Waals surface area contributed by atoms with Gasteiger partial charge in [-0.2, -0.15) is 0 Å². The molecule has 7 heteroatoms. The minimum Gasteiger partial charge on any atom is -0.378 e. The summed E-state index contributed by atoms with van der Waals surface area (Å²) in [5.41, 5.74) is 7.26. The van der Waals surface area contributed by atoms with Gasteiger partial charge < -0.3 is 20.3 Å². The van der Waals surface area contributed by atoms with Crippen molar-refractivity contribution in [1.82, 2.24) is 9.80 Å². The Morgan fingerprint density at radius 3 is 2.58 bits per heavy atom. The summed E-state index contributed by atoms with van der Waals surface area (Å²) in [6.07, 6.45) is 0. The first-order valence-corrected chi connectivity index (χ1v) is 8.95. The van der Waals surface area contributed by atoms with Crippen LogP contribution in [0.4, 0.5) is 5.69 Å². The Labute approximate surface area is 148 Å². The maximum absolute atomic E-state index is 6.08. The highest BCUT2D eigenvalue weighted by atomic mass is 35.5. The van der Waals surface area contributed by atoms with Crippen molar-refractivity contribution in [2.45, 2.75) is 0 Å². The molecule has 0 radical (unpaired) electrons. The lowest BCUT2D eigenvalue weighted by Gasteiger charge is -2.36. The third-order valence-electron chi connectivity index (χ3n) is 4.57. The molecule has 0 aliphatic carbocycles. The van der Waals surface area contributed by atoms with Crippen molar-refractivity contribution in [2.24, 2.45) is 10.7 Å². The molecule has 2 heterocycles. The van der Waals surface area contributed by atoms with Crippen LogP contribution in [0.1, 0.15) is 0 Å². The van der Waals surface area contributed by atoms with Crippen LogP contribution in [0.3, 0.4) is 0 Å². The van der Waals surface area contributed by atoms with Crippen molar-refractivity contribution in [3.63, 3.8) is 0 Å². The van der Waals surface area contributed by atoms with Crippen LogP contribution in [-0.4, -0.2) is 81.3 Å². The molecule has 3 rings (SSSR count). The Morgan fingerprint density at radius 2 is 1.88 bits per heavy atom. The van der Waals surface area contributed by atoms with E-state index in [1.807, 2.05) is 18.2 Å². The van der Waals surface area contributed by atoms with E-state index in [0.29, 0.717) is 5.96 Å². The van der Waals surface area contributed by atoms with Gasteiger partial charge in [-0.1, -0.05) is 17.7 Å². The van der Waals surface area contributed by atoms with Gasteiger partial charge in [-0.3, -0.25) is 9.89 Å². The number of hydrogen-bond donors (Lipinski definition) is 1. The largest absolute Gasteiger partial charge is 0.378 e. The number of guanidine groups is 1. The number of nitrogens with two attached hydrogens (primary N) is 1. The summed E-state index contributed by atoms with van der Waals surface area (Å²) in [6.45, 7) is 8.98. The fourth-order valence-corrected chi connectivity index (χ4v) is 3.29. The lowest BCUT2D eigenvalue weighted by Crippen LogP contribution is -2.47. The third kappa shape index (κ3) is 4.75. The van der Waals surface area contributed by atoms with Gasteiger partial charge in [0, 0.05) is 56.5 Å². The van der Waals surface area contributed by atoms with E-state index in [2.05, 4.69) is 25.8 Å². The second-order valence-corrected chi connectivity index (χ2v) is 6.58. The summed E-state index contributed by atoms with van der Waals surface area (Å²) in [5.74, 6) is 0.649. The van der Waals surface area contributed by atoms with Crippen molar-refractivity contribution >= 4 is 23.2 Å². The molecular formula is C17H26ClN5O. The molecule has 1 aromatic carbocycles. The molecule has 0 unspecified atom stereocenters. The molecule has 2 N–H and O–H groups in total. The number of morpholine rings is 1. The second kappa shape index (κ2) is 8.55. The fraction of sp³-hybridized carbons (Fsp3) is 0.588. The van der Waals surface area contributed by atoms with E-state index >= 15 is 0 Å². The van der Waals surface area contributed by atoms with Crippen molar-refractivity contribution in [3.8, 4) is 0 Å². The van der Waals surface area contributed by atoms with Gasteiger partial charge in [-0.25, -0.2) is 0 Å². The van der Waals surface area contributed by atoms with Crippen LogP contribution in [0.2, 0.25) is 5.02 Å². The summed E-state index contributed by atoms with van der Waals surface area (Å²) < 4.78 is 5.33. The number of halogens is 1. The average Bonchev–Trinajstić information content (AvgIpc) is 2.63. The molecule has 2 aliphatic heterocycles. The van der Waals surface area contributed by atoms with Crippen molar-refractivity contribution in [3.05, 3.63) is 29.3 Å². The SMILES string of the molecule is NC(=NCCN1CCN(c2cccc(Cl)c2)CC1)N1CCOCC1. The molecule has 0 amide bonds. The molecule has 6 nitrogen and oxygen atoms in total. The van der Waals surface area contributed by atoms with Gasteiger partial charge in [0.2, 0.25) is 0 Å². The van der Waals surface area contributed by atoms with Crippen LogP contribution < -0.4 is 10.6 Å². The first kappa shape index (κ1) is 17.3. The van der Waals surface area contributed by atoms with Crippen LogP contribution in [0.15, 0.2) is 29.3 Å². The predicted octanol–water partition coefficient (Wildman–Crippen LogP) is 1.11. The lowest BCUT2D eigenvalue weighted by atomic mass is 10.2. The molecule has 1 aromatic rings. The number of piperazine rings is 1. The Kier molecular flexibility index (Phi) is 6.18. The molecule has 24 heavy (non-hydrogen) atoms. The molecule has 2 aliphatic rings. The number of benzene rings is 1. The van der Waals surface area contributed by atoms with Crippen molar-refractivity contribution in [2.75, 3.05) is 70.5 Å². The zero-order valence-electron chi connectivity index (χ0n) is 14.0. The summed E-state index contributed by atoms with van der Waals surface area (Å²) >= 11 is 6.08. The molecule has 0 spiro atoms. The van der Waals surface area contributed by atoms with E-state index in [1.165, 1.54) is 5.69 Å². The smallest absolute Gasteiger partial charge is 0.191 e. The van der Waals surface area contributed by atoms with Crippen LogP contribution in [-0.2, 0) is 4.74 Å². The van der Waals surface area contributed by atoms with Gasteiger partial charge in [0.05, 0.1) is 19.8 Å². The van der Waals surface area contributed by atoms with E-state index in [0.717, 1.165) is 70.6 Å². The van der Waals surface area contributed by atoms with Crippen LogP contribution >= 0.6 is 11.6 Å². The van der Waals surface area contributed by atoms with Gasteiger partial charge in [0.1, 0.15) is 0 Å². The summed E-state index contributed by atoms with van der Waals surface area (Å²) in [7, 11) is 0. The summed E-state index contributed by atoms with van der Waals surface area (Å²) in [4.78, 5) is 11.4. The number of ether oxygens (including phenoxy) is 1. The predicted molar refractivity (Wildman–Crippen MR) is 99.0 cm³/mol. The van der Waals surface area contributed by atoms with E-state index in [1.54, 1.807) is 0 Å². The van der Waals surface area contributed by atoms with Gasteiger partial charge in [-0.05, 0) is 18.2 Å². The standard InChI is InChI=1S/C17H26ClN5O/c18-15-2-1-3-16(14-15)22-8-6-21(7-9-22)5-4-20-17(19)23-10-12-24-13-11-23/h1-3,14H,4-13H2,(H2,19,20). The Bertz CT molecular complexity index is 554. The highest BCUT2D eigenvalue weighted by Gasteiger charge is 2.17. The van der Waals surface area contributed by atoms with E-state index in [4.69, 9.17) is 22.1 Å². The highest BCUT2D eigenvalue weighted by molar-refractivity contribution is 6.30. The highest BCUT2D eigenvalue weighted by Crippen LogP contribution is 2.20. The van der Waals surface area contributed by atoms with E-state index < -0.39 is 0 Å². The van der Waals surface area contributed by atoms with Gasteiger partial charge in [0.15, 0.2) is 5.96 Å². The monoisotopic (exact) mass is 351 g/mol. The molecule has 2 fully saturated rings. The summed E-state index contributed by atoms with van der Waals surface area (Å²) in [6, 6.07) is 8.07. The molecular weight excluding hydrogens is 326 g/mol. The summed E-state index contributed by atoms with van der Waals surface area (Å²) in [5, 5.41) is 0.794. The molecule has 132 valence electrons. The number of anilines is 1. The van der Waals surface area contributed by atoms with Gasteiger partial charge >= 0.3 is 0 Å². The third-order valence-corrected chi connectivity index (χ3v) is 4.81. The zero-order chi connectivity index (χ0) is 16.8. The molecule has 0 bridgehead atoms. The average molecular weight is 352 g/mol. The first-order valence-electron chi connectivity index (χ1n) is 8.58. The first-order chi connectivity index (χ1) is 11.7. The fourth-order valence-electron chi connectivity index (χ4n) is 3.10. The normalized spacial score (nSPS) is 20.5.